The molecule has 0 heterocycles. The minimum atomic E-state index is -3.60. The van der Waals surface area contributed by atoms with E-state index in [0.717, 1.165) is 37.5 Å². The standard InChI is InChI=1S/C29H40ClN3O5S/c1-21-26(30)12-8-13-27(21)33(39(4,36)37)19-9-14-28(34)32(20-23-15-17-25(38-3)18-16-23)22(2)29(35)31-24-10-6-5-7-11-24/h8,12-13,15-18,22,24H,5-7,9-11,14,19-20H2,1-4H3,(H,31,35). The molecule has 2 aromatic rings. The van der Waals surface area contributed by atoms with Gasteiger partial charge in [-0.1, -0.05) is 49.1 Å². The minimum Gasteiger partial charge on any atom is -0.497 e. The van der Waals surface area contributed by atoms with E-state index in [2.05, 4.69) is 5.32 Å². The molecule has 3 rings (SSSR count). The van der Waals surface area contributed by atoms with Crippen molar-refractivity contribution in [2.45, 2.75) is 77.4 Å². The number of nitrogens with one attached hydrogen (secondary N) is 1. The summed E-state index contributed by atoms with van der Waals surface area (Å²) in [5.74, 6) is 0.321. The second-order valence-electron chi connectivity index (χ2n) is 10.2. The average Bonchev–Trinajstić information content (AvgIpc) is 2.91. The number of amides is 2. The molecule has 1 atom stereocenters. The van der Waals surface area contributed by atoms with Gasteiger partial charge in [0.25, 0.3) is 0 Å². The van der Waals surface area contributed by atoms with Crippen LogP contribution in [0.25, 0.3) is 0 Å². The van der Waals surface area contributed by atoms with E-state index in [1.807, 2.05) is 24.3 Å². The van der Waals surface area contributed by atoms with Gasteiger partial charge in [-0.2, -0.15) is 0 Å². The van der Waals surface area contributed by atoms with Crippen LogP contribution in [0, 0.1) is 6.92 Å². The van der Waals surface area contributed by atoms with Gasteiger partial charge in [0.2, 0.25) is 21.8 Å². The van der Waals surface area contributed by atoms with Gasteiger partial charge in [0.05, 0.1) is 19.1 Å². The summed E-state index contributed by atoms with van der Waals surface area (Å²) >= 11 is 6.24. The van der Waals surface area contributed by atoms with Gasteiger partial charge in [-0.05, 0) is 68.5 Å². The fourth-order valence-electron chi connectivity index (χ4n) is 4.93. The minimum absolute atomic E-state index is 0.0861. The Balaban J connectivity index is 1.74. The third-order valence-electron chi connectivity index (χ3n) is 7.29. The molecule has 39 heavy (non-hydrogen) atoms. The van der Waals surface area contributed by atoms with Crippen molar-refractivity contribution in [1.29, 1.82) is 0 Å². The van der Waals surface area contributed by atoms with Crippen LogP contribution in [0.15, 0.2) is 42.5 Å². The zero-order valence-electron chi connectivity index (χ0n) is 23.3. The Bertz CT molecular complexity index is 1230. The Morgan fingerprint density at radius 3 is 2.38 bits per heavy atom. The van der Waals surface area contributed by atoms with E-state index in [0.29, 0.717) is 22.0 Å². The number of benzene rings is 2. The number of methoxy groups -OCH3 is 1. The van der Waals surface area contributed by atoms with Crippen molar-refractivity contribution in [3.8, 4) is 5.75 Å². The number of carbonyl (C=O) groups excluding carboxylic acids is 2. The topological polar surface area (TPSA) is 96.0 Å². The van der Waals surface area contributed by atoms with Crippen LogP contribution in [0.5, 0.6) is 5.75 Å². The van der Waals surface area contributed by atoms with Gasteiger partial charge in [-0.3, -0.25) is 13.9 Å². The maximum atomic E-state index is 13.5. The first-order valence-corrected chi connectivity index (χ1v) is 15.7. The molecule has 0 aromatic heterocycles. The summed E-state index contributed by atoms with van der Waals surface area (Å²) in [4.78, 5) is 28.3. The van der Waals surface area contributed by atoms with Crippen molar-refractivity contribution in [3.63, 3.8) is 0 Å². The molecular formula is C29H40ClN3O5S. The molecule has 1 aliphatic carbocycles. The summed E-state index contributed by atoms with van der Waals surface area (Å²) in [6.45, 7) is 3.89. The first-order chi connectivity index (χ1) is 18.5. The predicted molar refractivity (Wildman–Crippen MR) is 156 cm³/mol. The van der Waals surface area contributed by atoms with Crippen LogP contribution in [0.4, 0.5) is 5.69 Å². The zero-order valence-corrected chi connectivity index (χ0v) is 24.9. The van der Waals surface area contributed by atoms with Crippen LogP contribution in [-0.2, 0) is 26.2 Å². The zero-order chi connectivity index (χ0) is 28.6. The highest BCUT2D eigenvalue weighted by molar-refractivity contribution is 7.92. The number of sulfonamides is 1. The van der Waals surface area contributed by atoms with Gasteiger partial charge >= 0.3 is 0 Å². The lowest BCUT2D eigenvalue weighted by molar-refractivity contribution is -0.141. The van der Waals surface area contributed by atoms with E-state index in [4.69, 9.17) is 16.3 Å². The molecule has 0 saturated heterocycles. The third-order valence-corrected chi connectivity index (χ3v) is 8.88. The Morgan fingerprint density at radius 1 is 1.10 bits per heavy atom. The fraction of sp³-hybridized carbons (Fsp3) is 0.517. The highest BCUT2D eigenvalue weighted by Gasteiger charge is 2.28. The van der Waals surface area contributed by atoms with E-state index < -0.39 is 16.1 Å². The summed E-state index contributed by atoms with van der Waals surface area (Å²) in [5, 5.41) is 3.61. The van der Waals surface area contributed by atoms with Crippen molar-refractivity contribution in [3.05, 3.63) is 58.6 Å². The van der Waals surface area contributed by atoms with Crippen molar-refractivity contribution in [1.82, 2.24) is 10.2 Å². The lowest BCUT2D eigenvalue weighted by Crippen LogP contribution is -2.50. The fourth-order valence-corrected chi connectivity index (χ4v) is 6.11. The van der Waals surface area contributed by atoms with E-state index >= 15 is 0 Å². The van der Waals surface area contributed by atoms with Crippen molar-refractivity contribution >= 4 is 39.1 Å². The van der Waals surface area contributed by atoms with E-state index in [1.54, 1.807) is 44.1 Å². The van der Waals surface area contributed by atoms with Gasteiger partial charge in [0.1, 0.15) is 11.8 Å². The van der Waals surface area contributed by atoms with Crippen molar-refractivity contribution in [2.24, 2.45) is 0 Å². The molecule has 0 aliphatic heterocycles. The van der Waals surface area contributed by atoms with Crippen LogP contribution >= 0.6 is 11.6 Å². The molecule has 2 amide bonds. The van der Waals surface area contributed by atoms with Gasteiger partial charge in [0.15, 0.2) is 0 Å². The predicted octanol–water partition coefficient (Wildman–Crippen LogP) is 5.07. The SMILES string of the molecule is COc1ccc(CN(C(=O)CCCN(c2cccc(Cl)c2C)S(C)(=O)=O)C(C)C(=O)NC2CCCCC2)cc1. The first kappa shape index (κ1) is 30.8. The Hall–Kier alpha value is -2.78. The molecule has 1 unspecified atom stereocenters. The maximum Gasteiger partial charge on any atom is 0.242 e. The molecule has 0 bridgehead atoms. The van der Waals surface area contributed by atoms with E-state index in [1.165, 1.54) is 10.7 Å². The van der Waals surface area contributed by atoms with Gasteiger partial charge < -0.3 is 15.0 Å². The average molecular weight is 578 g/mol. The number of nitrogens with zero attached hydrogens (tertiary/aromatic N) is 2. The summed E-state index contributed by atoms with van der Waals surface area (Å²) in [7, 11) is -2.01. The van der Waals surface area contributed by atoms with Gasteiger partial charge in [-0.25, -0.2) is 8.42 Å². The third kappa shape index (κ3) is 8.60. The quantitative estimate of drug-likeness (QED) is 0.380. The van der Waals surface area contributed by atoms with Crippen LogP contribution in [0.1, 0.15) is 63.0 Å². The molecule has 214 valence electrons. The summed E-state index contributed by atoms with van der Waals surface area (Å²) in [6, 6.07) is 12.0. The summed E-state index contributed by atoms with van der Waals surface area (Å²) in [5.41, 5.74) is 2.02. The van der Waals surface area contributed by atoms with Crippen molar-refractivity contribution in [2.75, 3.05) is 24.2 Å². The van der Waals surface area contributed by atoms with Crippen LogP contribution in [0.3, 0.4) is 0 Å². The Morgan fingerprint density at radius 2 is 1.77 bits per heavy atom. The summed E-state index contributed by atoms with van der Waals surface area (Å²) in [6.07, 6.45) is 6.79. The largest absolute Gasteiger partial charge is 0.497 e. The second kappa shape index (κ2) is 14.0. The molecule has 1 fully saturated rings. The smallest absolute Gasteiger partial charge is 0.242 e. The molecule has 10 heteroatoms. The molecule has 1 aliphatic rings. The molecular weight excluding hydrogens is 538 g/mol. The number of hydrogen-bond acceptors (Lipinski definition) is 5. The first-order valence-electron chi connectivity index (χ1n) is 13.5. The van der Waals surface area contributed by atoms with Crippen LogP contribution < -0.4 is 14.4 Å². The number of anilines is 1. The van der Waals surface area contributed by atoms with Crippen LogP contribution in [0.2, 0.25) is 5.02 Å². The molecule has 2 aromatic carbocycles. The highest BCUT2D eigenvalue weighted by Crippen LogP contribution is 2.28. The van der Waals surface area contributed by atoms with E-state index in [-0.39, 0.29) is 43.8 Å². The van der Waals surface area contributed by atoms with E-state index in [9.17, 15) is 18.0 Å². The number of carbonyl (C=O) groups is 2. The Kier molecular flexibility index (Phi) is 11.1. The molecule has 0 spiro atoms. The maximum absolute atomic E-state index is 13.5. The molecule has 1 saturated carbocycles. The number of hydrogen-bond donors (Lipinski definition) is 1. The lowest BCUT2D eigenvalue weighted by atomic mass is 9.95. The monoisotopic (exact) mass is 577 g/mol. The number of halogens is 1. The highest BCUT2D eigenvalue weighted by atomic mass is 35.5. The molecule has 1 N–H and O–H groups in total. The summed E-state index contributed by atoms with van der Waals surface area (Å²) < 4.78 is 31.7. The number of ether oxygens (including phenoxy) is 1. The Labute approximate surface area is 237 Å². The second-order valence-corrected chi connectivity index (χ2v) is 12.5. The lowest BCUT2D eigenvalue weighted by Gasteiger charge is -2.31. The normalized spacial score (nSPS) is 14.9. The molecule has 8 nitrogen and oxygen atoms in total. The van der Waals surface area contributed by atoms with Gasteiger partial charge in [-0.15, -0.1) is 0 Å². The number of rotatable bonds is 12. The van der Waals surface area contributed by atoms with Gasteiger partial charge in [0, 0.05) is 30.6 Å². The van der Waals surface area contributed by atoms with Crippen LogP contribution in [-0.4, -0.2) is 57.1 Å². The van der Waals surface area contributed by atoms with Crippen molar-refractivity contribution < 1.29 is 22.7 Å². The molecule has 0 radical (unpaired) electrons.